The van der Waals surface area contributed by atoms with Crippen LogP contribution in [0, 0.1) is 0 Å². The standard InChI is InChI=1S/C22H19N5O/c23-21(25-18-14-8-3-9-15-18)27-22(24)26-19(16-10-4-1-5-11-16)20(28)17-12-6-2-7-13-17/h1-15H,(H4,23,24,25,27)/b26-19-. The largest absolute Gasteiger partial charge is 0.368 e. The first-order chi connectivity index (χ1) is 13.6. The van der Waals surface area contributed by atoms with Gasteiger partial charge in [-0.3, -0.25) is 4.79 Å². The summed E-state index contributed by atoms with van der Waals surface area (Å²) in [5.74, 6) is -0.462. The molecule has 28 heavy (non-hydrogen) atoms. The number of ketones is 1. The van der Waals surface area contributed by atoms with E-state index in [1.54, 1.807) is 48.5 Å². The Morgan fingerprint density at radius 1 is 0.607 bits per heavy atom. The van der Waals surface area contributed by atoms with Crippen LogP contribution in [0.4, 0.5) is 5.69 Å². The summed E-state index contributed by atoms with van der Waals surface area (Å²) in [6, 6.07) is 27.1. The van der Waals surface area contributed by atoms with Crippen molar-refractivity contribution in [2.75, 3.05) is 0 Å². The lowest BCUT2D eigenvalue weighted by atomic mass is 10.0. The van der Waals surface area contributed by atoms with Crippen LogP contribution >= 0.6 is 0 Å². The molecule has 0 fully saturated rings. The van der Waals surface area contributed by atoms with Crippen molar-refractivity contribution in [2.24, 2.45) is 26.4 Å². The van der Waals surface area contributed by atoms with Crippen LogP contribution in [0.1, 0.15) is 15.9 Å². The number of aliphatic imine (C=N–C) groups is 3. The highest BCUT2D eigenvalue weighted by molar-refractivity contribution is 6.52. The second-order valence-corrected chi connectivity index (χ2v) is 5.80. The third-order valence-corrected chi connectivity index (χ3v) is 3.75. The summed E-state index contributed by atoms with van der Waals surface area (Å²) in [5, 5.41) is 0. The smallest absolute Gasteiger partial charge is 0.224 e. The molecule has 0 aliphatic carbocycles. The zero-order chi connectivity index (χ0) is 19.8. The minimum Gasteiger partial charge on any atom is -0.368 e. The van der Waals surface area contributed by atoms with E-state index in [1.807, 2.05) is 42.5 Å². The molecule has 0 heterocycles. The number of hydrogen-bond donors (Lipinski definition) is 2. The summed E-state index contributed by atoms with van der Waals surface area (Å²) < 4.78 is 0. The molecule has 0 unspecified atom stereocenters. The van der Waals surface area contributed by atoms with Gasteiger partial charge in [0.1, 0.15) is 5.71 Å². The molecule has 0 radical (unpaired) electrons. The van der Waals surface area contributed by atoms with Gasteiger partial charge in [0, 0.05) is 11.1 Å². The molecule has 3 aromatic carbocycles. The second-order valence-electron chi connectivity index (χ2n) is 5.80. The fourth-order valence-corrected chi connectivity index (χ4v) is 2.49. The highest BCUT2D eigenvalue weighted by atomic mass is 16.1. The van der Waals surface area contributed by atoms with Gasteiger partial charge in [0.15, 0.2) is 0 Å². The average molecular weight is 369 g/mol. The van der Waals surface area contributed by atoms with Crippen LogP contribution in [0.3, 0.4) is 0 Å². The van der Waals surface area contributed by atoms with Crippen molar-refractivity contribution in [3.63, 3.8) is 0 Å². The summed E-state index contributed by atoms with van der Waals surface area (Å²) in [7, 11) is 0. The van der Waals surface area contributed by atoms with Crippen molar-refractivity contribution < 1.29 is 4.79 Å². The lowest BCUT2D eigenvalue weighted by Crippen LogP contribution is -2.23. The van der Waals surface area contributed by atoms with Crippen molar-refractivity contribution in [1.82, 2.24) is 0 Å². The van der Waals surface area contributed by atoms with Crippen molar-refractivity contribution in [2.45, 2.75) is 0 Å². The van der Waals surface area contributed by atoms with Gasteiger partial charge in [-0.05, 0) is 12.1 Å². The zero-order valence-electron chi connectivity index (χ0n) is 15.1. The van der Waals surface area contributed by atoms with Gasteiger partial charge in [-0.25, -0.2) is 9.98 Å². The summed E-state index contributed by atoms with van der Waals surface area (Å²) in [5.41, 5.74) is 13.7. The molecule has 0 spiro atoms. The zero-order valence-corrected chi connectivity index (χ0v) is 15.1. The first-order valence-electron chi connectivity index (χ1n) is 8.61. The number of benzene rings is 3. The molecular weight excluding hydrogens is 350 g/mol. The van der Waals surface area contributed by atoms with Gasteiger partial charge in [-0.1, -0.05) is 78.9 Å². The van der Waals surface area contributed by atoms with Gasteiger partial charge in [0.05, 0.1) is 5.69 Å². The molecule has 0 aliphatic heterocycles. The van der Waals surface area contributed by atoms with Crippen LogP contribution in [0.25, 0.3) is 0 Å². The Morgan fingerprint density at radius 3 is 1.68 bits per heavy atom. The SMILES string of the molecule is NC(=Nc1ccccc1)/N=C(N)/N=C(\C(=O)c1ccccc1)c1ccccc1. The number of nitrogens with two attached hydrogens (primary N) is 2. The average Bonchev–Trinajstić information content (AvgIpc) is 2.73. The minimum absolute atomic E-state index is 0.0491. The van der Waals surface area contributed by atoms with Crippen LogP contribution in [0.5, 0.6) is 0 Å². The van der Waals surface area contributed by atoms with Crippen LogP contribution < -0.4 is 11.5 Å². The summed E-state index contributed by atoms with van der Waals surface area (Å²) in [4.78, 5) is 25.3. The first-order valence-corrected chi connectivity index (χ1v) is 8.61. The fourth-order valence-electron chi connectivity index (χ4n) is 2.49. The molecule has 0 amide bonds. The maximum Gasteiger partial charge on any atom is 0.224 e. The third kappa shape index (κ3) is 4.98. The van der Waals surface area contributed by atoms with Crippen molar-refractivity contribution >= 4 is 29.1 Å². The number of hydrogen-bond acceptors (Lipinski definition) is 2. The number of nitrogens with zero attached hydrogens (tertiary/aromatic N) is 3. The monoisotopic (exact) mass is 369 g/mol. The lowest BCUT2D eigenvalue weighted by Gasteiger charge is -2.06. The molecule has 6 nitrogen and oxygen atoms in total. The molecule has 0 atom stereocenters. The molecule has 3 rings (SSSR count). The van der Waals surface area contributed by atoms with Crippen LogP contribution in [0.15, 0.2) is 106 Å². The predicted octanol–water partition coefficient (Wildman–Crippen LogP) is 3.32. The number of carbonyl (C=O) groups is 1. The summed E-state index contributed by atoms with van der Waals surface area (Å²) in [6.07, 6.45) is 0. The Kier molecular flexibility index (Phi) is 6.05. The van der Waals surface area contributed by atoms with Crippen LogP contribution in [0.2, 0.25) is 0 Å². The Balaban J connectivity index is 1.96. The van der Waals surface area contributed by atoms with E-state index in [0.717, 1.165) is 0 Å². The van der Waals surface area contributed by atoms with Gasteiger partial charge in [0.25, 0.3) is 0 Å². The van der Waals surface area contributed by atoms with E-state index in [4.69, 9.17) is 11.5 Å². The number of rotatable bonds is 4. The number of para-hydroxylation sites is 1. The quantitative estimate of drug-likeness (QED) is 0.418. The Hall–Kier alpha value is -4.06. The number of carbonyl (C=O) groups excluding carboxylic acids is 1. The second kappa shape index (κ2) is 9.05. The highest BCUT2D eigenvalue weighted by Crippen LogP contribution is 2.11. The minimum atomic E-state index is -0.261. The molecule has 0 aliphatic rings. The van der Waals surface area contributed by atoms with Crippen molar-refractivity contribution in [3.8, 4) is 0 Å². The van der Waals surface area contributed by atoms with Gasteiger partial charge in [0.2, 0.25) is 17.7 Å². The van der Waals surface area contributed by atoms with E-state index >= 15 is 0 Å². The topological polar surface area (TPSA) is 106 Å². The van der Waals surface area contributed by atoms with Gasteiger partial charge in [-0.2, -0.15) is 4.99 Å². The van der Waals surface area contributed by atoms with E-state index < -0.39 is 0 Å². The predicted molar refractivity (Wildman–Crippen MR) is 113 cm³/mol. The van der Waals surface area contributed by atoms with Crippen molar-refractivity contribution in [3.05, 3.63) is 102 Å². The number of guanidine groups is 2. The Morgan fingerprint density at radius 2 is 1.11 bits per heavy atom. The van der Waals surface area contributed by atoms with E-state index in [1.165, 1.54) is 0 Å². The van der Waals surface area contributed by atoms with Gasteiger partial charge in [-0.15, -0.1) is 0 Å². The number of Topliss-reactive ketones (excluding diaryl/α,β-unsaturated/α-hetero) is 1. The lowest BCUT2D eigenvalue weighted by molar-refractivity contribution is 0.106. The summed E-state index contributed by atoms with van der Waals surface area (Å²) >= 11 is 0. The molecule has 0 aromatic heterocycles. The summed E-state index contributed by atoms with van der Waals surface area (Å²) in [6.45, 7) is 0. The Labute approximate surface area is 163 Å². The molecule has 0 bridgehead atoms. The third-order valence-electron chi connectivity index (χ3n) is 3.75. The molecule has 3 aromatic rings. The fraction of sp³-hybridized carbons (Fsp3) is 0. The molecule has 6 heteroatoms. The first kappa shape index (κ1) is 18.7. The maximum absolute atomic E-state index is 13.0. The normalized spacial score (nSPS) is 12.6. The van der Waals surface area contributed by atoms with E-state index in [9.17, 15) is 4.79 Å². The van der Waals surface area contributed by atoms with E-state index in [2.05, 4.69) is 15.0 Å². The van der Waals surface area contributed by atoms with Gasteiger partial charge < -0.3 is 11.5 Å². The van der Waals surface area contributed by atoms with E-state index in [0.29, 0.717) is 16.8 Å². The molecule has 4 N–H and O–H groups in total. The van der Waals surface area contributed by atoms with Crippen LogP contribution in [-0.2, 0) is 0 Å². The highest BCUT2D eigenvalue weighted by Gasteiger charge is 2.16. The molecular formula is C22H19N5O. The van der Waals surface area contributed by atoms with Crippen molar-refractivity contribution in [1.29, 1.82) is 0 Å². The molecule has 0 saturated carbocycles. The maximum atomic E-state index is 13.0. The molecule has 0 saturated heterocycles. The molecule has 138 valence electrons. The van der Waals surface area contributed by atoms with E-state index in [-0.39, 0.29) is 23.4 Å². The van der Waals surface area contributed by atoms with Gasteiger partial charge >= 0.3 is 0 Å². The Bertz CT molecular complexity index is 1030. The van der Waals surface area contributed by atoms with Crippen LogP contribution in [-0.4, -0.2) is 23.4 Å².